The number of ether oxygens (including phenoxy) is 1. The van der Waals surface area contributed by atoms with E-state index in [0.717, 1.165) is 0 Å². The molecule has 0 spiro atoms. The van der Waals surface area contributed by atoms with Gasteiger partial charge in [-0.3, -0.25) is 15.3 Å². The Morgan fingerprint density at radius 3 is 2.63 bits per heavy atom. The summed E-state index contributed by atoms with van der Waals surface area (Å²) in [6.07, 6.45) is -3.06. The standard InChI is InChI=1S/C17H26BN4O8/c1-8(21-15(23)14(19)20)16(24)22-6-10(7-22)29-11-3-2-9-4-5-18(27,28)30-13(9)12(11)17(25)26/h2-3,8,10,14,17,25-28H,4-7,19-20H2,1H3,(H,21,23)/q-1/p+1/t8-/m0/s1. The van der Waals surface area contributed by atoms with Crippen molar-refractivity contribution in [1.82, 2.24) is 10.2 Å². The summed E-state index contributed by atoms with van der Waals surface area (Å²) in [5, 5.41) is 41.7. The third kappa shape index (κ3) is 4.66. The van der Waals surface area contributed by atoms with Gasteiger partial charge in [0.25, 0.3) is 5.91 Å². The number of amides is 2. The zero-order valence-electron chi connectivity index (χ0n) is 16.5. The van der Waals surface area contributed by atoms with Crippen LogP contribution in [0.3, 0.4) is 0 Å². The smallest absolute Gasteiger partial charge is 0.430 e. The number of carbonyl (C=O) groups is 2. The monoisotopic (exact) mass is 426 g/mol. The lowest BCUT2D eigenvalue weighted by atomic mass is 9.70. The maximum atomic E-state index is 12.4. The zero-order chi connectivity index (χ0) is 22.2. The number of hydrogen-bond acceptors (Lipinski definition) is 9. The molecule has 1 aromatic rings. The summed E-state index contributed by atoms with van der Waals surface area (Å²) in [5.74, 6) is -0.760. The highest BCUT2D eigenvalue weighted by Gasteiger charge is 2.37. The first-order valence-corrected chi connectivity index (χ1v) is 9.64. The van der Waals surface area contributed by atoms with Crippen molar-refractivity contribution in [3.63, 3.8) is 0 Å². The van der Waals surface area contributed by atoms with Gasteiger partial charge in [0.1, 0.15) is 17.9 Å². The van der Waals surface area contributed by atoms with Crippen LogP contribution in [0, 0.1) is 0 Å². The van der Waals surface area contributed by atoms with Crippen molar-refractivity contribution in [3.8, 4) is 11.5 Å². The number of hydrogen-bond donors (Lipinski definition) is 7. The maximum absolute atomic E-state index is 12.4. The molecular weight excluding hydrogens is 399 g/mol. The number of carbonyl (C=O) groups excluding carboxylic acids is 2. The van der Waals surface area contributed by atoms with E-state index in [0.29, 0.717) is 12.0 Å². The minimum Gasteiger partial charge on any atom is -0.670 e. The second-order valence-electron chi connectivity index (χ2n) is 7.67. The van der Waals surface area contributed by atoms with E-state index in [9.17, 15) is 29.9 Å². The first-order valence-electron chi connectivity index (χ1n) is 9.64. The predicted octanol–water partition coefficient (Wildman–Crippen LogP) is -3.85. The highest BCUT2D eigenvalue weighted by Crippen LogP contribution is 2.41. The van der Waals surface area contributed by atoms with Gasteiger partial charge in [-0.05, 0) is 25.0 Å². The van der Waals surface area contributed by atoms with E-state index >= 15 is 0 Å². The van der Waals surface area contributed by atoms with Crippen LogP contribution in [-0.2, 0) is 16.0 Å². The summed E-state index contributed by atoms with van der Waals surface area (Å²) >= 11 is 0. The van der Waals surface area contributed by atoms with Gasteiger partial charge in [0.2, 0.25) is 12.1 Å². The second kappa shape index (κ2) is 8.37. The molecule has 1 saturated heterocycles. The molecule has 10 N–H and O–H groups in total. The number of likely N-dealkylation sites (tertiary alicyclic amines) is 1. The van der Waals surface area contributed by atoms with E-state index < -0.39 is 37.3 Å². The molecule has 0 unspecified atom stereocenters. The number of nitrogens with zero attached hydrogens (tertiary/aromatic N) is 1. The SMILES string of the molecule is C[C@H](NC(=O)[C@H](N)[NH3+])C(=O)N1CC(Oc2ccc3c(c2C(O)O)O[B-](O)(O)CC3)C1. The van der Waals surface area contributed by atoms with Crippen LogP contribution in [0.5, 0.6) is 11.5 Å². The summed E-state index contributed by atoms with van der Waals surface area (Å²) in [4.78, 5) is 25.4. The molecule has 0 aromatic heterocycles. The Morgan fingerprint density at radius 1 is 1.37 bits per heavy atom. The molecule has 1 aromatic carbocycles. The Balaban J connectivity index is 1.65. The van der Waals surface area contributed by atoms with Gasteiger partial charge in [-0.1, -0.05) is 12.4 Å². The lowest BCUT2D eigenvalue weighted by Gasteiger charge is -2.41. The van der Waals surface area contributed by atoms with E-state index in [1.54, 1.807) is 12.1 Å². The Kier molecular flexibility index (Phi) is 6.22. The first kappa shape index (κ1) is 22.3. The molecular formula is C17H27BN4O8. The van der Waals surface area contributed by atoms with Gasteiger partial charge >= 0.3 is 6.75 Å². The van der Waals surface area contributed by atoms with E-state index in [-0.39, 0.29) is 42.4 Å². The highest BCUT2D eigenvalue weighted by atomic mass is 16.6. The van der Waals surface area contributed by atoms with Crippen LogP contribution < -0.4 is 26.2 Å². The van der Waals surface area contributed by atoms with Crippen LogP contribution in [0.25, 0.3) is 0 Å². The fourth-order valence-electron chi connectivity index (χ4n) is 3.43. The molecule has 0 radical (unpaired) electrons. The average Bonchev–Trinajstić information content (AvgIpc) is 2.61. The van der Waals surface area contributed by atoms with Crippen molar-refractivity contribution in [2.75, 3.05) is 13.1 Å². The van der Waals surface area contributed by atoms with Gasteiger partial charge < -0.3 is 45.6 Å². The molecule has 12 nitrogen and oxygen atoms in total. The van der Waals surface area contributed by atoms with Gasteiger partial charge in [0, 0.05) is 0 Å². The van der Waals surface area contributed by atoms with Crippen LogP contribution >= 0.6 is 0 Å². The third-order valence-corrected chi connectivity index (χ3v) is 5.11. The van der Waals surface area contributed by atoms with E-state index in [1.807, 2.05) is 0 Å². The molecule has 1 fully saturated rings. The normalized spacial score (nSPS) is 19.9. The van der Waals surface area contributed by atoms with Crippen molar-refractivity contribution in [2.45, 2.75) is 44.3 Å². The summed E-state index contributed by atoms with van der Waals surface area (Å²) in [6.45, 7) is -1.10. The number of aliphatic hydroxyl groups is 2. The summed E-state index contributed by atoms with van der Waals surface area (Å²) in [7, 11) is 0. The third-order valence-electron chi connectivity index (χ3n) is 5.11. The summed E-state index contributed by atoms with van der Waals surface area (Å²) < 4.78 is 11.0. The molecule has 0 bridgehead atoms. The summed E-state index contributed by atoms with van der Waals surface area (Å²) in [6, 6.07) is 2.43. The van der Waals surface area contributed by atoms with Crippen LogP contribution in [0.4, 0.5) is 0 Å². The maximum Gasteiger partial charge on any atom is 0.430 e. The first-order chi connectivity index (χ1) is 14.0. The van der Waals surface area contributed by atoms with Crippen LogP contribution in [0.2, 0.25) is 6.32 Å². The van der Waals surface area contributed by atoms with E-state index in [4.69, 9.17) is 15.1 Å². The van der Waals surface area contributed by atoms with Crippen molar-refractivity contribution in [2.24, 2.45) is 5.73 Å². The molecule has 2 aliphatic heterocycles. The topological polar surface area (TPSA) is 202 Å². The number of aryl methyl sites for hydroxylation is 1. The second-order valence-corrected chi connectivity index (χ2v) is 7.67. The minimum absolute atomic E-state index is 0.00157. The van der Waals surface area contributed by atoms with Gasteiger partial charge in [-0.15, -0.1) is 0 Å². The molecule has 30 heavy (non-hydrogen) atoms. The molecule has 13 heteroatoms. The molecule has 166 valence electrons. The molecule has 2 aliphatic rings. The minimum atomic E-state index is -3.09. The molecule has 3 rings (SSSR count). The van der Waals surface area contributed by atoms with Gasteiger partial charge in [-0.25, -0.2) is 0 Å². The number of nitrogens with two attached hydrogens (primary N) is 1. The zero-order valence-corrected chi connectivity index (χ0v) is 16.5. The van der Waals surface area contributed by atoms with Gasteiger partial charge in [0.05, 0.1) is 24.4 Å². The van der Waals surface area contributed by atoms with Gasteiger partial charge in [0.15, 0.2) is 6.29 Å². The Morgan fingerprint density at radius 2 is 2.03 bits per heavy atom. The number of nitrogens with one attached hydrogen (secondary N) is 1. The highest BCUT2D eigenvalue weighted by molar-refractivity contribution is 6.58. The number of quaternary nitrogens is 1. The lowest BCUT2D eigenvalue weighted by Crippen LogP contribution is -2.73. The largest absolute Gasteiger partial charge is 0.670 e. The van der Waals surface area contributed by atoms with Crippen molar-refractivity contribution >= 4 is 18.6 Å². The van der Waals surface area contributed by atoms with E-state index in [2.05, 4.69) is 11.1 Å². The number of fused-ring (bicyclic) bond motifs is 1. The molecule has 2 amide bonds. The summed E-state index contributed by atoms with van der Waals surface area (Å²) in [5.41, 5.74) is 9.26. The van der Waals surface area contributed by atoms with Crippen molar-refractivity contribution < 1.29 is 45.0 Å². The van der Waals surface area contributed by atoms with Crippen molar-refractivity contribution in [3.05, 3.63) is 23.3 Å². The fourth-order valence-corrected chi connectivity index (χ4v) is 3.43. The molecule has 0 aliphatic carbocycles. The average molecular weight is 426 g/mol. The molecule has 0 saturated carbocycles. The van der Waals surface area contributed by atoms with Gasteiger partial charge in [-0.2, -0.15) is 0 Å². The Bertz CT molecular complexity index is 828. The fraction of sp³-hybridized carbons (Fsp3) is 0.529. The Hall–Kier alpha value is -2.42. The quantitative estimate of drug-likeness (QED) is 0.176. The van der Waals surface area contributed by atoms with E-state index in [1.165, 1.54) is 11.8 Å². The predicted molar refractivity (Wildman–Crippen MR) is 102 cm³/mol. The molecule has 2 atom stereocenters. The number of benzene rings is 1. The molecule has 2 heterocycles. The number of aliphatic hydroxyl groups excluding tert-OH is 1. The van der Waals surface area contributed by atoms with Crippen LogP contribution in [0.15, 0.2) is 12.1 Å². The lowest BCUT2D eigenvalue weighted by molar-refractivity contribution is -0.402. The number of rotatable bonds is 6. The van der Waals surface area contributed by atoms with Crippen LogP contribution in [-0.4, -0.2) is 75.1 Å². The van der Waals surface area contributed by atoms with Crippen molar-refractivity contribution in [1.29, 1.82) is 0 Å². The Labute approximate surface area is 172 Å². The van der Waals surface area contributed by atoms with Crippen LogP contribution in [0.1, 0.15) is 24.3 Å².